The lowest BCUT2D eigenvalue weighted by Crippen LogP contribution is -2.45. The fraction of sp³-hybridized carbons (Fsp3) is 0.481. The third-order valence-corrected chi connectivity index (χ3v) is 10.4. The predicted octanol–water partition coefficient (Wildman–Crippen LogP) is 7.14. The van der Waals surface area contributed by atoms with Crippen LogP contribution in [0.25, 0.3) is 17.2 Å². The van der Waals surface area contributed by atoms with Crippen LogP contribution in [0.4, 0.5) is 0 Å². The number of hydrogen-bond donors (Lipinski definition) is 0. The van der Waals surface area contributed by atoms with E-state index >= 15 is 0 Å². The van der Waals surface area contributed by atoms with Crippen LogP contribution in [-0.4, -0.2) is 16.1 Å². The van der Waals surface area contributed by atoms with Gasteiger partial charge in [0.15, 0.2) is 0 Å². The minimum absolute atomic E-state index is 1.10. The molecule has 2 aromatic carbocycles. The fourth-order valence-electron chi connectivity index (χ4n) is 4.36. The molecule has 0 aromatic heterocycles. The third-order valence-electron chi connectivity index (χ3n) is 6.37. The van der Waals surface area contributed by atoms with E-state index in [1.54, 1.807) is 15.9 Å². The van der Waals surface area contributed by atoms with E-state index in [0.29, 0.717) is 0 Å². The van der Waals surface area contributed by atoms with Crippen molar-refractivity contribution in [3.63, 3.8) is 0 Å². The molecule has 0 unspecified atom stereocenters. The minimum atomic E-state index is -1.39. The Labute approximate surface area is 181 Å². The van der Waals surface area contributed by atoms with Crippen LogP contribution in [0.1, 0.15) is 49.8 Å². The Morgan fingerprint density at radius 2 is 1.45 bits per heavy atom. The Kier molecular flexibility index (Phi) is 6.45. The van der Waals surface area contributed by atoms with Crippen molar-refractivity contribution >= 4 is 32.6 Å². The van der Waals surface area contributed by atoms with E-state index in [1.807, 2.05) is 0 Å². The zero-order valence-electron chi connectivity index (χ0n) is 20.0. The largest absolute Gasteiger partial charge is 0.0776 e. The fourth-order valence-corrected chi connectivity index (χ4v) is 6.86. The molecule has 0 bridgehead atoms. The first-order valence-electron chi connectivity index (χ1n) is 11.5. The Balaban J connectivity index is 2.23. The summed E-state index contributed by atoms with van der Waals surface area (Å²) in [7, 11) is -2.77. The molecular formula is C27H40Si2. The molecule has 0 spiro atoms. The van der Waals surface area contributed by atoms with Gasteiger partial charge in [0.25, 0.3) is 0 Å². The molecule has 0 aliphatic heterocycles. The molecule has 0 N–H and O–H groups in total. The number of fused-ring (bicyclic) bond motifs is 1. The second-order valence-corrected chi connectivity index (χ2v) is 21.1. The summed E-state index contributed by atoms with van der Waals surface area (Å²) in [6.07, 6.45) is 8.62. The Morgan fingerprint density at radius 3 is 1.97 bits per heavy atom. The summed E-state index contributed by atoms with van der Waals surface area (Å²) in [4.78, 5) is 0. The van der Waals surface area contributed by atoms with Crippen molar-refractivity contribution in [1.29, 1.82) is 0 Å². The van der Waals surface area contributed by atoms with Gasteiger partial charge in [-0.25, -0.2) is 0 Å². The summed E-state index contributed by atoms with van der Waals surface area (Å²) in [5.74, 6) is 0. The van der Waals surface area contributed by atoms with E-state index in [-0.39, 0.29) is 0 Å². The molecule has 156 valence electrons. The molecule has 0 saturated carbocycles. The lowest BCUT2D eigenvalue weighted by molar-refractivity contribution is 0.779. The quantitative estimate of drug-likeness (QED) is 0.418. The van der Waals surface area contributed by atoms with Crippen molar-refractivity contribution < 1.29 is 0 Å². The van der Waals surface area contributed by atoms with E-state index in [4.69, 9.17) is 0 Å². The first-order valence-corrected chi connectivity index (χ1v) is 18.5. The highest BCUT2D eigenvalue weighted by Gasteiger charge is 2.25. The summed E-state index contributed by atoms with van der Waals surface area (Å²) < 4.78 is 0. The van der Waals surface area contributed by atoms with Crippen molar-refractivity contribution in [3.8, 4) is 11.1 Å². The van der Waals surface area contributed by atoms with Gasteiger partial charge < -0.3 is 0 Å². The SMILES string of the molecule is CCCCC1=Cc2c(ccc(CC)c2-c2cc([Si](C)(C)C)cc([Si](C)(C)C)c2)C1. The smallest absolute Gasteiger partial charge is 0.0656 e. The van der Waals surface area contributed by atoms with Gasteiger partial charge in [0.1, 0.15) is 0 Å². The molecule has 0 heterocycles. The molecule has 2 heteroatoms. The van der Waals surface area contributed by atoms with Crippen LogP contribution in [-0.2, 0) is 12.8 Å². The molecule has 0 atom stereocenters. The van der Waals surface area contributed by atoms with Crippen LogP contribution in [0.3, 0.4) is 0 Å². The number of aryl methyl sites for hydroxylation is 1. The van der Waals surface area contributed by atoms with Crippen molar-refractivity contribution in [2.24, 2.45) is 0 Å². The number of rotatable bonds is 7. The molecule has 3 rings (SSSR count). The summed E-state index contributed by atoms with van der Waals surface area (Å²) in [6, 6.07) is 12.4. The van der Waals surface area contributed by atoms with Crippen LogP contribution < -0.4 is 10.4 Å². The molecule has 0 saturated heterocycles. The van der Waals surface area contributed by atoms with E-state index in [2.05, 4.69) is 89.5 Å². The van der Waals surface area contributed by atoms with E-state index < -0.39 is 16.1 Å². The lowest BCUT2D eigenvalue weighted by atomic mass is 9.91. The second kappa shape index (κ2) is 8.39. The molecular weight excluding hydrogens is 380 g/mol. The normalized spacial score (nSPS) is 14.1. The Bertz CT molecular complexity index is 889. The first-order chi connectivity index (χ1) is 13.5. The van der Waals surface area contributed by atoms with Crippen molar-refractivity contribution in [2.75, 3.05) is 0 Å². The van der Waals surface area contributed by atoms with Crippen LogP contribution in [0, 0.1) is 0 Å². The minimum Gasteiger partial charge on any atom is -0.0656 e. The molecule has 1 aliphatic carbocycles. The van der Waals surface area contributed by atoms with Gasteiger partial charge in [-0.15, -0.1) is 0 Å². The van der Waals surface area contributed by atoms with E-state index in [0.717, 1.165) is 12.8 Å². The molecule has 0 radical (unpaired) electrons. The van der Waals surface area contributed by atoms with E-state index in [9.17, 15) is 0 Å². The van der Waals surface area contributed by atoms with Gasteiger partial charge in [-0.1, -0.05) is 112 Å². The molecule has 0 fully saturated rings. The number of benzene rings is 2. The van der Waals surface area contributed by atoms with Crippen LogP contribution >= 0.6 is 0 Å². The molecule has 0 nitrogen and oxygen atoms in total. The van der Waals surface area contributed by atoms with Crippen LogP contribution in [0.2, 0.25) is 39.3 Å². The molecule has 2 aromatic rings. The summed E-state index contributed by atoms with van der Waals surface area (Å²) in [5.41, 5.74) is 9.19. The summed E-state index contributed by atoms with van der Waals surface area (Å²) in [5, 5.41) is 3.22. The first kappa shape index (κ1) is 22.3. The van der Waals surface area contributed by atoms with Gasteiger partial charge in [0, 0.05) is 0 Å². The predicted molar refractivity (Wildman–Crippen MR) is 138 cm³/mol. The van der Waals surface area contributed by atoms with Gasteiger partial charge >= 0.3 is 0 Å². The van der Waals surface area contributed by atoms with Crippen molar-refractivity contribution in [1.82, 2.24) is 0 Å². The van der Waals surface area contributed by atoms with Gasteiger partial charge in [-0.05, 0) is 53.5 Å². The zero-order chi connectivity index (χ0) is 21.4. The third kappa shape index (κ3) is 4.86. The van der Waals surface area contributed by atoms with Crippen molar-refractivity contribution in [3.05, 3.63) is 52.6 Å². The van der Waals surface area contributed by atoms with Gasteiger partial charge in [0.05, 0.1) is 16.1 Å². The van der Waals surface area contributed by atoms with Crippen LogP contribution in [0.5, 0.6) is 0 Å². The topological polar surface area (TPSA) is 0 Å². The van der Waals surface area contributed by atoms with Gasteiger partial charge in [-0.2, -0.15) is 0 Å². The number of hydrogen-bond acceptors (Lipinski definition) is 0. The standard InChI is InChI=1S/C27H40Si2/c1-9-11-12-20-15-22-14-13-21(10-2)27(26(22)16-20)23-17-24(28(3,4)5)19-25(18-23)29(6,7)8/h13-14,16-19H,9-12,15H2,1-8H3. The highest BCUT2D eigenvalue weighted by Crippen LogP contribution is 2.38. The number of allylic oxidation sites excluding steroid dienone is 1. The summed E-state index contributed by atoms with van der Waals surface area (Å²) in [6.45, 7) is 19.5. The maximum absolute atomic E-state index is 2.55. The highest BCUT2D eigenvalue weighted by atomic mass is 28.3. The maximum Gasteiger partial charge on any atom is 0.0776 e. The monoisotopic (exact) mass is 420 g/mol. The zero-order valence-corrected chi connectivity index (χ0v) is 22.0. The number of unbranched alkanes of at least 4 members (excludes halogenated alkanes) is 1. The average molecular weight is 421 g/mol. The van der Waals surface area contributed by atoms with Gasteiger partial charge in [0.2, 0.25) is 0 Å². The summed E-state index contributed by atoms with van der Waals surface area (Å²) >= 11 is 0. The average Bonchev–Trinajstić information content (AvgIpc) is 3.06. The molecule has 29 heavy (non-hydrogen) atoms. The molecule has 0 amide bonds. The van der Waals surface area contributed by atoms with Gasteiger partial charge in [-0.3, -0.25) is 0 Å². The van der Waals surface area contributed by atoms with E-state index in [1.165, 1.54) is 47.1 Å². The molecule has 1 aliphatic rings. The maximum atomic E-state index is 2.55. The Morgan fingerprint density at radius 1 is 0.828 bits per heavy atom. The highest BCUT2D eigenvalue weighted by molar-refractivity contribution is 6.91. The Hall–Kier alpha value is -1.39. The second-order valence-electron chi connectivity index (χ2n) is 10.9. The van der Waals surface area contributed by atoms with Crippen LogP contribution in [0.15, 0.2) is 35.9 Å². The van der Waals surface area contributed by atoms with Crippen molar-refractivity contribution in [2.45, 2.75) is 85.2 Å². The lowest BCUT2D eigenvalue weighted by Gasteiger charge is -2.25.